The largest absolute Gasteiger partial charge is 0.344 e. The summed E-state index contributed by atoms with van der Waals surface area (Å²) in [4.78, 5) is 35.7. The number of likely N-dealkylation sites (tertiary alicyclic amines) is 1. The lowest BCUT2D eigenvalue weighted by Crippen LogP contribution is -2.23. The third-order valence-electron chi connectivity index (χ3n) is 4.65. The number of thiophene rings is 1. The second-order valence-corrected chi connectivity index (χ2v) is 7.67. The fraction of sp³-hybridized carbons (Fsp3) is 0.389. The lowest BCUT2D eigenvalue weighted by Gasteiger charge is -2.16. The molecule has 1 atom stereocenters. The molecule has 8 heteroatoms. The van der Waals surface area contributed by atoms with E-state index in [9.17, 15) is 4.79 Å². The minimum atomic E-state index is 0.0252. The van der Waals surface area contributed by atoms with Gasteiger partial charge >= 0.3 is 0 Å². The zero-order valence-corrected chi connectivity index (χ0v) is 15.6. The second-order valence-electron chi connectivity index (χ2n) is 6.67. The highest BCUT2D eigenvalue weighted by atomic mass is 32.1. The van der Waals surface area contributed by atoms with E-state index < -0.39 is 0 Å². The summed E-state index contributed by atoms with van der Waals surface area (Å²) < 4.78 is 0. The number of carbonyl (C=O) groups is 1. The van der Waals surface area contributed by atoms with Crippen LogP contribution in [0, 0.1) is 0 Å². The van der Waals surface area contributed by atoms with Crippen molar-refractivity contribution in [1.82, 2.24) is 29.7 Å². The van der Waals surface area contributed by atoms with Gasteiger partial charge in [0.2, 0.25) is 0 Å². The summed E-state index contributed by atoms with van der Waals surface area (Å²) in [5.41, 5.74) is 2.89. The zero-order chi connectivity index (χ0) is 18.1. The maximum atomic E-state index is 12.7. The Bertz CT molecular complexity index is 926. The second kappa shape index (κ2) is 7.05. The molecule has 4 heterocycles. The van der Waals surface area contributed by atoms with Crippen LogP contribution >= 0.6 is 11.3 Å². The number of nitrogens with zero attached hydrogens (tertiary/aromatic N) is 6. The number of rotatable bonds is 4. The maximum absolute atomic E-state index is 12.7. The third kappa shape index (κ3) is 3.17. The maximum Gasteiger partial charge on any atom is 0.263 e. The first-order valence-corrected chi connectivity index (χ1v) is 9.37. The first-order valence-electron chi connectivity index (χ1n) is 8.55. The van der Waals surface area contributed by atoms with Gasteiger partial charge in [-0.25, -0.2) is 4.98 Å². The summed E-state index contributed by atoms with van der Waals surface area (Å²) in [5.74, 6) is 0.299. The van der Waals surface area contributed by atoms with Crippen LogP contribution in [0.15, 0.2) is 31.0 Å². The number of fused-ring (bicyclic) bond motifs is 1. The monoisotopic (exact) mass is 368 g/mol. The van der Waals surface area contributed by atoms with Gasteiger partial charge in [0.05, 0.1) is 10.6 Å². The molecular weight excluding hydrogens is 348 g/mol. The highest BCUT2D eigenvalue weighted by Gasteiger charge is 2.32. The number of hydrogen-bond acceptors (Lipinski definition) is 7. The van der Waals surface area contributed by atoms with E-state index >= 15 is 0 Å². The normalized spacial score (nSPS) is 17.7. The van der Waals surface area contributed by atoms with Crippen molar-refractivity contribution in [3.63, 3.8) is 0 Å². The van der Waals surface area contributed by atoms with Gasteiger partial charge in [-0.05, 0) is 13.0 Å². The lowest BCUT2D eigenvalue weighted by molar-refractivity contribution is 0.0831. The van der Waals surface area contributed by atoms with E-state index in [0.29, 0.717) is 0 Å². The van der Waals surface area contributed by atoms with Crippen LogP contribution in [0.2, 0.25) is 0 Å². The predicted octanol–water partition coefficient (Wildman–Crippen LogP) is 2.17. The van der Waals surface area contributed by atoms with Crippen molar-refractivity contribution in [2.75, 3.05) is 27.2 Å². The number of aromatic nitrogens is 4. The molecule has 0 aromatic carbocycles. The molecule has 0 aliphatic carbocycles. The average molecular weight is 368 g/mol. The van der Waals surface area contributed by atoms with Crippen LogP contribution in [0.4, 0.5) is 0 Å². The van der Waals surface area contributed by atoms with Gasteiger partial charge < -0.3 is 4.90 Å². The molecule has 7 nitrogen and oxygen atoms in total. The summed E-state index contributed by atoms with van der Waals surface area (Å²) in [6.07, 6.45) is 9.59. The Hall–Kier alpha value is -2.45. The van der Waals surface area contributed by atoms with Crippen LogP contribution in [-0.4, -0.2) is 62.8 Å². The van der Waals surface area contributed by atoms with Crippen LogP contribution < -0.4 is 0 Å². The van der Waals surface area contributed by atoms with Gasteiger partial charge in [-0.3, -0.25) is 24.6 Å². The Morgan fingerprint density at radius 2 is 2.04 bits per heavy atom. The van der Waals surface area contributed by atoms with Crippen molar-refractivity contribution in [3.8, 4) is 0 Å². The fourth-order valence-electron chi connectivity index (χ4n) is 3.44. The van der Waals surface area contributed by atoms with E-state index in [1.165, 1.54) is 11.3 Å². The van der Waals surface area contributed by atoms with Crippen molar-refractivity contribution in [1.29, 1.82) is 0 Å². The van der Waals surface area contributed by atoms with Crippen LogP contribution in [0.25, 0.3) is 10.3 Å². The summed E-state index contributed by atoms with van der Waals surface area (Å²) in [6.45, 7) is 2.62. The molecule has 0 radical (unpaired) electrons. The lowest BCUT2D eigenvalue weighted by atomic mass is 9.97. The van der Waals surface area contributed by atoms with E-state index in [1.54, 1.807) is 50.0 Å². The molecule has 26 heavy (non-hydrogen) atoms. The number of hydrogen-bond donors (Lipinski definition) is 0. The highest BCUT2D eigenvalue weighted by Crippen LogP contribution is 2.39. The predicted molar refractivity (Wildman–Crippen MR) is 100 cm³/mol. The van der Waals surface area contributed by atoms with Gasteiger partial charge in [-0.15, -0.1) is 11.3 Å². The van der Waals surface area contributed by atoms with Gasteiger partial charge in [0.1, 0.15) is 10.3 Å². The van der Waals surface area contributed by atoms with Crippen molar-refractivity contribution >= 4 is 27.6 Å². The van der Waals surface area contributed by atoms with Crippen molar-refractivity contribution in [3.05, 3.63) is 47.1 Å². The SMILES string of the molecule is CN(C)C(=O)c1sc2nccnc2c1[C@@H]1CCN(Cc2cnccn2)C1. The van der Waals surface area contributed by atoms with Crippen LogP contribution in [0.3, 0.4) is 0 Å². The van der Waals surface area contributed by atoms with Crippen LogP contribution in [-0.2, 0) is 6.54 Å². The summed E-state index contributed by atoms with van der Waals surface area (Å²) in [6, 6.07) is 0. The third-order valence-corrected chi connectivity index (χ3v) is 5.74. The van der Waals surface area contributed by atoms with Gasteiger partial charge in [-0.2, -0.15) is 0 Å². The molecule has 134 valence electrons. The topological polar surface area (TPSA) is 75.1 Å². The van der Waals surface area contributed by atoms with Gasteiger partial charge in [0.15, 0.2) is 0 Å². The Morgan fingerprint density at radius 1 is 1.23 bits per heavy atom. The molecule has 0 N–H and O–H groups in total. The number of amides is 1. The molecule has 1 fully saturated rings. The van der Waals surface area contributed by atoms with E-state index in [1.807, 2.05) is 0 Å². The van der Waals surface area contributed by atoms with Crippen LogP contribution in [0.1, 0.15) is 33.3 Å². The quantitative estimate of drug-likeness (QED) is 0.703. The number of carbonyl (C=O) groups excluding carboxylic acids is 1. The minimum Gasteiger partial charge on any atom is -0.344 e. The summed E-state index contributed by atoms with van der Waals surface area (Å²) >= 11 is 1.45. The molecule has 0 saturated carbocycles. The smallest absolute Gasteiger partial charge is 0.263 e. The van der Waals surface area contributed by atoms with E-state index in [0.717, 1.165) is 52.5 Å². The summed E-state index contributed by atoms with van der Waals surface area (Å²) in [7, 11) is 3.57. The molecule has 0 spiro atoms. The minimum absolute atomic E-state index is 0.0252. The van der Waals surface area contributed by atoms with Gasteiger partial charge in [-0.1, -0.05) is 0 Å². The average Bonchev–Trinajstić information content (AvgIpc) is 3.25. The standard InChI is InChI=1S/C18H20N6OS/c1-23(2)18(25)16-14(15-17(26-16)22-7-6-21-15)12-3-8-24(10-12)11-13-9-19-4-5-20-13/h4-7,9,12H,3,8,10-11H2,1-2H3/t12-/m1/s1. The molecule has 1 aliphatic rings. The molecule has 1 aliphatic heterocycles. The van der Waals surface area contributed by atoms with E-state index in [2.05, 4.69) is 24.8 Å². The molecule has 4 rings (SSSR count). The Balaban J connectivity index is 1.64. The van der Waals surface area contributed by atoms with Crippen molar-refractivity contribution in [2.24, 2.45) is 0 Å². The van der Waals surface area contributed by atoms with Crippen molar-refractivity contribution in [2.45, 2.75) is 18.9 Å². The first-order chi connectivity index (χ1) is 12.6. The Labute approximate surface area is 155 Å². The molecule has 0 unspecified atom stereocenters. The van der Waals surface area contributed by atoms with Gasteiger partial charge in [0.25, 0.3) is 5.91 Å². The molecule has 1 saturated heterocycles. The first kappa shape index (κ1) is 17.0. The molecular formula is C18H20N6OS. The van der Waals surface area contributed by atoms with Gasteiger partial charge in [0, 0.05) is 69.7 Å². The van der Waals surface area contributed by atoms with Crippen LogP contribution in [0.5, 0.6) is 0 Å². The fourth-order valence-corrected chi connectivity index (χ4v) is 4.65. The molecule has 3 aromatic rings. The highest BCUT2D eigenvalue weighted by molar-refractivity contribution is 7.20. The summed E-state index contributed by atoms with van der Waals surface area (Å²) in [5, 5.41) is 0. The zero-order valence-electron chi connectivity index (χ0n) is 14.8. The molecule has 3 aromatic heterocycles. The van der Waals surface area contributed by atoms with Crippen molar-refractivity contribution < 1.29 is 4.79 Å². The Morgan fingerprint density at radius 3 is 2.81 bits per heavy atom. The Kier molecular flexibility index (Phi) is 4.60. The molecule has 1 amide bonds. The van der Waals surface area contributed by atoms with E-state index in [-0.39, 0.29) is 11.8 Å². The molecule has 0 bridgehead atoms. The van der Waals surface area contributed by atoms with E-state index in [4.69, 9.17) is 0 Å².